The van der Waals surface area contributed by atoms with Crippen LogP contribution in [0.3, 0.4) is 0 Å². The molecule has 7 heteroatoms. The molecule has 0 bridgehead atoms. The number of anilines is 2. The second-order valence-electron chi connectivity index (χ2n) is 5.02. The summed E-state index contributed by atoms with van der Waals surface area (Å²) in [5.74, 6) is -0.394. The monoisotopic (exact) mass is 381 g/mol. The van der Waals surface area contributed by atoms with Crippen LogP contribution in [0.1, 0.15) is 5.56 Å². The molecule has 0 aliphatic heterocycles. The summed E-state index contributed by atoms with van der Waals surface area (Å²) in [6.07, 6.45) is 0.725. The van der Waals surface area contributed by atoms with Crippen LogP contribution in [0, 0.1) is 0 Å². The number of para-hydroxylation sites is 2. The summed E-state index contributed by atoms with van der Waals surface area (Å²) in [6.45, 7) is 0.265. The zero-order valence-corrected chi connectivity index (χ0v) is 14.8. The van der Waals surface area contributed by atoms with E-state index < -0.39 is 5.97 Å². The van der Waals surface area contributed by atoms with Gasteiger partial charge in [0.2, 0.25) is 0 Å². The van der Waals surface area contributed by atoms with Crippen LogP contribution in [0.25, 0.3) is 0 Å². The lowest BCUT2D eigenvalue weighted by Crippen LogP contribution is -2.14. The molecule has 2 aromatic rings. The Balaban J connectivity index is 2.00. The molecule has 5 nitrogen and oxygen atoms in total. The van der Waals surface area contributed by atoms with Gasteiger partial charge in [0.25, 0.3) is 0 Å². The zero-order chi connectivity index (χ0) is 18.1. The number of hydrogen-bond acceptors (Lipinski definition) is 5. The van der Waals surface area contributed by atoms with Gasteiger partial charge in [-0.2, -0.15) is 0 Å². The van der Waals surface area contributed by atoms with Crippen molar-refractivity contribution < 1.29 is 19.1 Å². The number of halogens is 2. The number of rotatable bonds is 9. The smallest absolute Gasteiger partial charge is 0.310 e. The molecule has 0 saturated carbocycles. The van der Waals surface area contributed by atoms with Crippen molar-refractivity contribution in [1.82, 2.24) is 0 Å². The highest BCUT2D eigenvalue weighted by molar-refractivity contribution is 6.39. The highest BCUT2D eigenvalue weighted by Gasteiger charge is 2.12. The van der Waals surface area contributed by atoms with E-state index in [-0.39, 0.29) is 26.2 Å². The molecule has 0 fully saturated rings. The molecule has 0 aliphatic carbocycles. The first kappa shape index (κ1) is 19.2. The third kappa shape index (κ3) is 6.05. The Morgan fingerprint density at radius 1 is 1.04 bits per heavy atom. The topological polar surface area (TPSA) is 64.6 Å². The first-order valence-corrected chi connectivity index (χ1v) is 8.33. The number of aldehydes is 1. The number of nitrogens with one attached hydrogen (secondary N) is 1. The lowest BCUT2D eigenvalue weighted by Gasteiger charge is -2.14. The number of benzene rings is 2. The van der Waals surface area contributed by atoms with E-state index in [1.807, 2.05) is 24.3 Å². The first-order valence-electron chi connectivity index (χ1n) is 7.57. The molecule has 0 amide bonds. The third-order valence-electron chi connectivity index (χ3n) is 3.25. The van der Waals surface area contributed by atoms with Gasteiger partial charge < -0.3 is 19.6 Å². The molecule has 0 heterocycles. The summed E-state index contributed by atoms with van der Waals surface area (Å²) < 4.78 is 10.0. The molecule has 132 valence electrons. The molecule has 0 aliphatic rings. The van der Waals surface area contributed by atoms with Crippen molar-refractivity contribution in [3.8, 4) is 0 Å². The minimum atomic E-state index is -0.394. The van der Waals surface area contributed by atoms with E-state index in [1.165, 1.54) is 0 Å². The van der Waals surface area contributed by atoms with Crippen molar-refractivity contribution in [3.63, 3.8) is 0 Å². The van der Waals surface area contributed by atoms with E-state index in [0.717, 1.165) is 5.56 Å². The minimum Gasteiger partial charge on any atom is -0.463 e. The highest BCUT2D eigenvalue weighted by atomic mass is 35.5. The maximum Gasteiger partial charge on any atom is 0.310 e. The second kappa shape index (κ2) is 10.0. The zero-order valence-electron chi connectivity index (χ0n) is 13.3. The molecule has 0 unspecified atom stereocenters. The van der Waals surface area contributed by atoms with Crippen LogP contribution in [-0.2, 0) is 25.5 Å². The van der Waals surface area contributed by atoms with E-state index in [1.54, 1.807) is 18.2 Å². The Labute approximate surface area is 155 Å². The fraction of sp³-hybridized carbons (Fsp3) is 0.222. The molecule has 0 spiro atoms. The van der Waals surface area contributed by atoms with Gasteiger partial charge in [0.15, 0.2) is 0 Å². The number of carbonyl (C=O) groups excluding carboxylic acids is 2. The normalized spacial score (nSPS) is 10.3. The van der Waals surface area contributed by atoms with Crippen LogP contribution < -0.4 is 5.32 Å². The standard InChI is InChI=1S/C18H17Cl2NO4/c19-14-5-3-6-15(20)18(14)21-16-7-2-1-4-13(16)12-17(23)25-11-10-24-9-8-22/h1-8,21H,9-12H2. The van der Waals surface area contributed by atoms with Gasteiger partial charge in [-0.25, -0.2) is 0 Å². The molecule has 2 rings (SSSR count). The van der Waals surface area contributed by atoms with E-state index >= 15 is 0 Å². The van der Waals surface area contributed by atoms with Crippen molar-refractivity contribution >= 4 is 46.8 Å². The summed E-state index contributed by atoms with van der Waals surface area (Å²) in [7, 11) is 0. The number of hydrogen-bond donors (Lipinski definition) is 1. The average Bonchev–Trinajstić information content (AvgIpc) is 2.59. The van der Waals surface area contributed by atoms with Crippen LogP contribution in [-0.4, -0.2) is 32.1 Å². The van der Waals surface area contributed by atoms with Crippen LogP contribution in [0.15, 0.2) is 42.5 Å². The van der Waals surface area contributed by atoms with Crippen LogP contribution in [0.4, 0.5) is 11.4 Å². The predicted molar refractivity (Wildman–Crippen MR) is 97.7 cm³/mol. The average molecular weight is 382 g/mol. The Hall–Kier alpha value is -2.08. The number of ether oxygens (including phenoxy) is 2. The lowest BCUT2D eigenvalue weighted by molar-refractivity contribution is -0.144. The first-order chi connectivity index (χ1) is 12.1. The van der Waals surface area contributed by atoms with Crippen LogP contribution >= 0.6 is 23.2 Å². The Morgan fingerprint density at radius 2 is 1.76 bits per heavy atom. The van der Waals surface area contributed by atoms with Gasteiger partial charge in [-0.1, -0.05) is 47.5 Å². The maximum atomic E-state index is 12.0. The van der Waals surface area contributed by atoms with Gasteiger partial charge in [-0.05, 0) is 23.8 Å². The summed E-state index contributed by atoms with van der Waals surface area (Å²) in [5.41, 5.74) is 2.04. The van der Waals surface area contributed by atoms with Crippen molar-refractivity contribution in [2.24, 2.45) is 0 Å². The van der Waals surface area contributed by atoms with E-state index in [2.05, 4.69) is 5.32 Å². The summed E-state index contributed by atoms with van der Waals surface area (Å²) >= 11 is 12.3. The molecule has 0 aromatic heterocycles. The maximum absolute atomic E-state index is 12.0. The van der Waals surface area contributed by atoms with Crippen LogP contribution in [0.5, 0.6) is 0 Å². The molecular formula is C18H17Cl2NO4. The molecule has 0 radical (unpaired) electrons. The van der Waals surface area contributed by atoms with Crippen molar-refractivity contribution in [2.45, 2.75) is 6.42 Å². The van der Waals surface area contributed by atoms with Crippen LogP contribution in [0.2, 0.25) is 10.0 Å². The largest absolute Gasteiger partial charge is 0.463 e. The van der Waals surface area contributed by atoms with Gasteiger partial charge in [0.05, 0.1) is 28.8 Å². The van der Waals surface area contributed by atoms with Gasteiger partial charge >= 0.3 is 5.97 Å². The van der Waals surface area contributed by atoms with E-state index in [9.17, 15) is 9.59 Å². The highest BCUT2D eigenvalue weighted by Crippen LogP contribution is 2.33. The fourth-order valence-electron chi connectivity index (χ4n) is 2.10. The predicted octanol–water partition coefficient (Wildman–Crippen LogP) is 4.04. The molecule has 0 saturated heterocycles. The van der Waals surface area contributed by atoms with Crippen molar-refractivity contribution in [2.75, 3.05) is 25.1 Å². The quantitative estimate of drug-likeness (QED) is 0.403. The van der Waals surface area contributed by atoms with Gasteiger partial charge in [0, 0.05) is 5.69 Å². The van der Waals surface area contributed by atoms with Crippen molar-refractivity contribution in [3.05, 3.63) is 58.1 Å². The fourth-order valence-corrected chi connectivity index (χ4v) is 2.59. The summed E-state index contributed by atoms with van der Waals surface area (Å²) in [4.78, 5) is 22.1. The SMILES string of the molecule is O=CCOCCOC(=O)Cc1ccccc1Nc1c(Cl)cccc1Cl. The summed E-state index contributed by atoms with van der Waals surface area (Å²) in [6, 6.07) is 12.5. The lowest BCUT2D eigenvalue weighted by atomic mass is 10.1. The summed E-state index contributed by atoms with van der Waals surface area (Å²) in [5, 5.41) is 4.13. The van der Waals surface area contributed by atoms with Crippen molar-refractivity contribution in [1.29, 1.82) is 0 Å². The van der Waals surface area contributed by atoms with Gasteiger partial charge in [-0.15, -0.1) is 0 Å². The van der Waals surface area contributed by atoms with Gasteiger partial charge in [0.1, 0.15) is 19.5 Å². The number of esters is 1. The van der Waals surface area contributed by atoms with Gasteiger partial charge in [-0.3, -0.25) is 4.79 Å². The molecule has 1 N–H and O–H groups in total. The van der Waals surface area contributed by atoms with E-state index in [4.69, 9.17) is 32.7 Å². The van der Waals surface area contributed by atoms with E-state index in [0.29, 0.717) is 27.7 Å². The number of carbonyl (C=O) groups is 2. The minimum absolute atomic E-state index is 0.0110. The Morgan fingerprint density at radius 3 is 2.48 bits per heavy atom. The molecule has 25 heavy (non-hydrogen) atoms. The molecule has 0 atom stereocenters. The second-order valence-corrected chi connectivity index (χ2v) is 5.83. The third-order valence-corrected chi connectivity index (χ3v) is 3.88. The Bertz CT molecular complexity index is 717. The Kier molecular flexibility index (Phi) is 7.73. The molecular weight excluding hydrogens is 365 g/mol. The molecule has 2 aromatic carbocycles.